The third-order valence-electron chi connectivity index (χ3n) is 3.85. The molecule has 0 heterocycles. The molecule has 0 radical (unpaired) electrons. The molecule has 5 heteroatoms. The highest BCUT2D eigenvalue weighted by Crippen LogP contribution is 2.26. The minimum absolute atomic E-state index is 0. The van der Waals surface area contributed by atoms with Crippen molar-refractivity contribution in [3.05, 3.63) is 0 Å². The van der Waals surface area contributed by atoms with Crippen molar-refractivity contribution in [1.82, 2.24) is 5.32 Å². The Morgan fingerprint density at radius 3 is 2.63 bits per heavy atom. The number of rotatable bonds is 8. The second kappa shape index (κ2) is 11.5. The predicted molar refractivity (Wildman–Crippen MR) is 80.5 cm³/mol. The van der Waals surface area contributed by atoms with Gasteiger partial charge in [0.1, 0.15) is 0 Å². The van der Waals surface area contributed by atoms with E-state index < -0.39 is 0 Å². The molecule has 0 aromatic carbocycles. The van der Waals surface area contributed by atoms with Crippen LogP contribution in [0.1, 0.15) is 51.4 Å². The van der Waals surface area contributed by atoms with Gasteiger partial charge in [-0.05, 0) is 18.8 Å². The number of methoxy groups -OCH3 is 1. The van der Waals surface area contributed by atoms with Crippen LogP contribution in [0.2, 0.25) is 0 Å². The van der Waals surface area contributed by atoms with Crippen molar-refractivity contribution in [3.63, 3.8) is 0 Å². The maximum absolute atomic E-state index is 11.6. The summed E-state index contributed by atoms with van der Waals surface area (Å²) in [4.78, 5) is 11.6. The van der Waals surface area contributed by atoms with E-state index in [9.17, 15) is 4.79 Å². The number of hydrogen-bond acceptors (Lipinski definition) is 3. The molecule has 0 spiro atoms. The molecule has 1 rings (SSSR count). The first-order chi connectivity index (χ1) is 8.76. The second-order valence-electron chi connectivity index (χ2n) is 5.29. The van der Waals surface area contributed by atoms with Gasteiger partial charge >= 0.3 is 0 Å². The Labute approximate surface area is 123 Å². The maximum Gasteiger partial charge on any atom is 0.222 e. The van der Waals surface area contributed by atoms with Crippen molar-refractivity contribution in [2.45, 2.75) is 57.5 Å². The van der Waals surface area contributed by atoms with E-state index in [4.69, 9.17) is 10.5 Å². The van der Waals surface area contributed by atoms with E-state index in [0.717, 1.165) is 18.9 Å². The molecule has 0 bridgehead atoms. The monoisotopic (exact) mass is 292 g/mol. The topological polar surface area (TPSA) is 64.3 Å². The summed E-state index contributed by atoms with van der Waals surface area (Å²) in [6, 6.07) is 0. The quantitative estimate of drug-likeness (QED) is 0.675. The van der Waals surface area contributed by atoms with Crippen molar-refractivity contribution >= 4 is 18.3 Å². The smallest absolute Gasteiger partial charge is 0.222 e. The van der Waals surface area contributed by atoms with Gasteiger partial charge < -0.3 is 15.8 Å². The van der Waals surface area contributed by atoms with Gasteiger partial charge in [-0.2, -0.15) is 0 Å². The minimum atomic E-state index is -0.150. The zero-order valence-corrected chi connectivity index (χ0v) is 12.8. The van der Waals surface area contributed by atoms with Crippen LogP contribution in [0.3, 0.4) is 0 Å². The summed E-state index contributed by atoms with van der Waals surface area (Å²) in [5.41, 5.74) is 5.48. The highest BCUT2D eigenvalue weighted by atomic mass is 35.5. The van der Waals surface area contributed by atoms with Crippen molar-refractivity contribution in [1.29, 1.82) is 0 Å². The Morgan fingerprint density at radius 1 is 1.37 bits per heavy atom. The molecule has 0 aliphatic heterocycles. The fraction of sp³-hybridized carbons (Fsp3) is 0.929. The summed E-state index contributed by atoms with van der Waals surface area (Å²) in [6.07, 6.45) is 9.53. The van der Waals surface area contributed by atoms with Gasteiger partial charge in [0.25, 0.3) is 0 Å². The number of nitrogens with two attached hydrogens (primary N) is 1. The zero-order chi connectivity index (χ0) is 13.2. The largest absolute Gasteiger partial charge is 0.380 e. The molecule has 114 valence electrons. The number of halogens is 1. The molecule has 4 nitrogen and oxygen atoms in total. The highest BCUT2D eigenvalue weighted by molar-refractivity contribution is 5.85. The summed E-state index contributed by atoms with van der Waals surface area (Å²) in [5, 5.41) is 2.95. The number of nitrogens with one attached hydrogen (secondary N) is 1. The van der Waals surface area contributed by atoms with Gasteiger partial charge in [0.15, 0.2) is 0 Å². The molecule has 0 saturated heterocycles. The molecule has 3 N–H and O–H groups in total. The van der Waals surface area contributed by atoms with E-state index in [1.165, 1.54) is 38.5 Å². The summed E-state index contributed by atoms with van der Waals surface area (Å²) in [5.74, 6) is 0.947. The average Bonchev–Trinajstić information content (AvgIpc) is 2.42. The SMILES string of the molecule is COC(CN)CC(=O)NCCCC1CCCCC1.Cl. The molecular formula is C14H29ClN2O2. The molecule has 0 aromatic rings. The molecule has 1 aliphatic carbocycles. The van der Waals surface area contributed by atoms with Crippen LogP contribution < -0.4 is 11.1 Å². The fourth-order valence-corrected chi connectivity index (χ4v) is 2.64. The minimum Gasteiger partial charge on any atom is -0.380 e. The molecule has 1 aliphatic rings. The van der Waals surface area contributed by atoms with Gasteiger partial charge in [0.05, 0.1) is 12.5 Å². The highest BCUT2D eigenvalue weighted by Gasteiger charge is 2.13. The Kier molecular flexibility index (Phi) is 11.3. The van der Waals surface area contributed by atoms with Gasteiger partial charge in [-0.3, -0.25) is 4.79 Å². The third-order valence-corrected chi connectivity index (χ3v) is 3.85. The molecular weight excluding hydrogens is 264 g/mol. The summed E-state index contributed by atoms with van der Waals surface area (Å²) in [7, 11) is 1.59. The molecule has 19 heavy (non-hydrogen) atoms. The first-order valence-electron chi connectivity index (χ1n) is 7.25. The Balaban J connectivity index is 0.00000324. The van der Waals surface area contributed by atoms with Gasteiger partial charge in [0, 0.05) is 20.2 Å². The van der Waals surface area contributed by atoms with E-state index >= 15 is 0 Å². The molecule has 1 amide bonds. The summed E-state index contributed by atoms with van der Waals surface area (Å²) < 4.78 is 5.09. The predicted octanol–water partition coefficient (Wildman–Crippen LogP) is 2.25. The van der Waals surface area contributed by atoms with Gasteiger partial charge in [-0.1, -0.05) is 32.1 Å². The van der Waals surface area contributed by atoms with Gasteiger partial charge in [0.2, 0.25) is 5.91 Å². The van der Waals surface area contributed by atoms with Crippen LogP contribution in [0.15, 0.2) is 0 Å². The van der Waals surface area contributed by atoms with Crippen molar-refractivity contribution in [2.24, 2.45) is 11.7 Å². The van der Waals surface area contributed by atoms with E-state index in [2.05, 4.69) is 5.32 Å². The van der Waals surface area contributed by atoms with E-state index in [0.29, 0.717) is 13.0 Å². The molecule has 1 fully saturated rings. The number of ether oxygens (including phenoxy) is 1. The number of hydrogen-bond donors (Lipinski definition) is 2. The van der Waals surface area contributed by atoms with Crippen molar-refractivity contribution in [3.8, 4) is 0 Å². The molecule has 1 unspecified atom stereocenters. The Bertz CT molecular complexity index is 229. The number of carbonyl (C=O) groups is 1. The van der Waals surface area contributed by atoms with Crippen molar-refractivity contribution < 1.29 is 9.53 Å². The molecule has 1 saturated carbocycles. The van der Waals surface area contributed by atoms with Gasteiger partial charge in [-0.15, -0.1) is 12.4 Å². The average molecular weight is 293 g/mol. The summed E-state index contributed by atoms with van der Waals surface area (Å²) in [6.45, 7) is 1.18. The van der Waals surface area contributed by atoms with Crippen LogP contribution >= 0.6 is 12.4 Å². The normalized spacial score (nSPS) is 17.6. The summed E-state index contributed by atoms with van der Waals surface area (Å²) >= 11 is 0. The Morgan fingerprint density at radius 2 is 2.05 bits per heavy atom. The lowest BCUT2D eigenvalue weighted by Crippen LogP contribution is -2.32. The first-order valence-corrected chi connectivity index (χ1v) is 7.25. The lowest BCUT2D eigenvalue weighted by molar-refractivity contribution is -0.123. The van der Waals surface area contributed by atoms with Crippen LogP contribution in [0.4, 0.5) is 0 Å². The zero-order valence-electron chi connectivity index (χ0n) is 12.0. The van der Waals surface area contributed by atoms with Crippen LogP contribution in [-0.2, 0) is 9.53 Å². The van der Waals surface area contributed by atoms with Crippen LogP contribution in [-0.4, -0.2) is 32.2 Å². The lowest BCUT2D eigenvalue weighted by Gasteiger charge is -2.21. The second-order valence-corrected chi connectivity index (χ2v) is 5.29. The van der Waals surface area contributed by atoms with Crippen LogP contribution in [0.25, 0.3) is 0 Å². The van der Waals surface area contributed by atoms with Crippen LogP contribution in [0, 0.1) is 5.92 Å². The first kappa shape index (κ1) is 18.7. The van der Waals surface area contributed by atoms with E-state index in [1.807, 2.05) is 0 Å². The third kappa shape index (κ3) is 8.45. The van der Waals surface area contributed by atoms with E-state index in [-0.39, 0.29) is 24.4 Å². The maximum atomic E-state index is 11.6. The molecule has 0 aromatic heterocycles. The Hall–Kier alpha value is -0.320. The standard InChI is InChI=1S/C14H28N2O2.ClH/c1-18-13(11-15)10-14(17)16-9-5-8-12-6-3-2-4-7-12;/h12-13H,2-11,15H2,1H3,(H,16,17);1H. The van der Waals surface area contributed by atoms with Crippen molar-refractivity contribution in [2.75, 3.05) is 20.2 Å². The van der Waals surface area contributed by atoms with Crippen LogP contribution in [0.5, 0.6) is 0 Å². The molecule has 1 atom stereocenters. The number of amides is 1. The van der Waals surface area contributed by atoms with E-state index in [1.54, 1.807) is 7.11 Å². The lowest BCUT2D eigenvalue weighted by atomic mass is 9.86. The van der Waals surface area contributed by atoms with Gasteiger partial charge in [-0.25, -0.2) is 0 Å². The fourth-order valence-electron chi connectivity index (χ4n) is 2.64. The number of carbonyl (C=O) groups excluding carboxylic acids is 1.